The highest BCUT2D eigenvalue weighted by molar-refractivity contribution is 7.19. The van der Waals surface area contributed by atoms with Crippen molar-refractivity contribution >= 4 is 33.4 Å². The highest BCUT2D eigenvalue weighted by Gasteiger charge is 2.18. The molecule has 1 aliphatic heterocycles. The summed E-state index contributed by atoms with van der Waals surface area (Å²) in [5.74, 6) is 0. The number of urea groups is 1. The summed E-state index contributed by atoms with van der Waals surface area (Å²) in [6.07, 6.45) is 1.55. The van der Waals surface area contributed by atoms with Gasteiger partial charge >= 0.3 is 6.03 Å². The fraction of sp³-hybridized carbons (Fsp3) is 0.296. The summed E-state index contributed by atoms with van der Waals surface area (Å²) in [6, 6.07) is 15.2. The molecule has 4 aromatic rings. The Kier molecular flexibility index (Phi) is 8.40. The molecule has 1 fully saturated rings. The Morgan fingerprint density at radius 1 is 1.14 bits per heavy atom. The zero-order valence-electron chi connectivity index (χ0n) is 21.4. The van der Waals surface area contributed by atoms with Crippen molar-refractivity contribution in [1.82, 2.24) is 24.8 Å². The fourth-order valence-electron chi connectivity index (χ4n) is 3.69. The van der Waals surface area contributed by atoms with Crippen LogP contribution >= 0.6 is 11.3 Å². The summed E-state index contributed by atoms with van der Waals surface area (Å²) < 4.78 is 5.10. The van der Waals surface area contributed by atoms with Gasteiger partial charge in [0.2, 0.25) is 0 Å². The molecule has 2 amide bonds. The van der Waals surface area contributed by atoms with Crippen LogP contribution in [-0.4, -0.2) is 78.2 Å². The van der Waals surface area contributed by atoms with E-state index in [2.05, 4.69) is 38.3 Å². The number of hydrogen-bond donors (Lipinski definition) is 1. The molecule has 0 unspecified atom stereocenters. The number of carbonyl (C=O) groups is 1. The van der Waals surface area contributed by atoms with Crippen molar-refractivity contribution in [2.75, 3.05) is 52.8 Å². The summed E-state index contributed by atoms with van der Waals surface area (Å²) >= 11 is 1.39. The van der Waals surface area contributed by atoms with Crippen molar-refractivity contribution in [2.45, 2.75) is 6.92 Å². The standard InChI is InChI=1S/C22H18N6OS.C5H11NO/c1-13-17-10-16(7-8-18(17)25-12-24-13)20-19(15-6-4-5-14(9-15)11-23)26-21(30-20)27-22(29)28(2)3;1-6-2-4-7-5-3-6/h4-10,12H,1-3H3,(H,26,27,29);2-5H2,1H3. The monoisotopic (exact) mass is 515 g/mol. The van der Waals surface area contributed by atoms with Gasteiger partial charge in [0.05, 0.1) is 40.9 Å². The number of ether oxygens (including phenoxy) is 1. The fourth-order valence-corrected chi connectivity index (χ4v) is 4.66. The van der Waals surface area contributed by atoms with E-state index in [1.165, 1.54) is 16.2 Å². The normalized spacial score (nSPS) is 13.4. The second kappa shape index (κ2) is 11.9. The lowest BCUT2D eigenvalue weighted by Crippen LogP contribution is -2.32. The van der Waals surface area contributed by atoms with E-state index < -0.39 is 0 Å². The maximum atomic E-state index is 12.1. The molecule has 0 bridgehead atoms. The number of fused-ring (bicyclic) bond motifs is 1. The number of rotatable bonds is 3. The van der Waals surface area contributed by atoms with Gasteiger partial charge in [-0.05, 0) is 43.8 Å². The molecule has 37 heavy (non-hydrogen) atoms. The number of benzene rings is 2. The summed E-state index contributed by atoms with van der Waals surface area (Å²) in [6.45, 7) is 5.97. The molecule has 190 valence electrons. The van der Waals surface area contributed by atoms with Crippen molar-refractivity contribution in [3.8, 4) is 27.8 Å². The minimum absolute atomic E-state index is 0.254. The molecule has 5 rings (SSSR count). The molecule has 10 heteroatoms. The quantitative estimate of drug-likeness (QED) is 0.423. The SMILES string of the molecule is CN1CCOCC1.Cc1ncnc2ccc(-c3sc(NC(=O)N(C)C)nc3-c3cccc(C#N)c3)cc12. The average molecular weight is 516 g/mol. The van der Waals surface area contributed by atoms with Crippen molar-refractivity contribution in [3.05, 3.63) is 60.0 Å². The predicted octanol–water partition coefficient (Wildman–Crippen LogP) is 4.64. The van der Waals surface area contributed by atoms with Crippen molar-refractivity contribution in [2.24, 2.45) is 0 Å². The zero-order chi connectivity index (χ0) is 26.4. The number of likely N-dealkylation sites (N-methyl/N-ethyl adjacent to an activating group) is 1. The molecule has 0 radical (unpaired) electrons. The molecule has 1 N–H and O–H groups in total. The Morgan fingerprint density at radius 2 is 1.92 bits per heavy atom. The molecule has 1 saturated heterocycles. The first-order valence-electron chi connectivity index (χ1n) is 11.8. The molecule has 1 aliphatic rings. The number of aryl methyl sites for hydroxylation is 1. The third kappa shape index (κ3) is 6.46. The molecule has 0 atom stereocenters. The van der Waals surface area contributed by atoms with E-state index in [0.717, 1.165) is 58.9 Å². The van der Waals surface area contributed by atoms with Crippen LogP contribution in [0.4, 0.5) is 9.93 Å². The highest BCUT2D eigenvalue weighted by atomic mass is 32.1. The number of nitriles is 1. The van der Waals surface area contributed by atoms with Gasteiger partial charge < -0.3 is 14.5 Å². The molecule has 0 spiro atoms. The van der Waals surface area contributed by atoms with Crippen LogP contribution in [-0.2, 0) is 4.74 Å². The molecule has 9 nitrogen and oxygen atoms in total. The molecular formula is C27H29N7O2S. The summed E-state index contributed by atoms with van der Waals surface area (Å²) in [5, 5.41) is 13.6. The third-order valence-electron chi connectivity index (χ3n) is 5.84. The van der Waals surface area contributed by atoms with Gasteiger partial charge in [-0.2, -0.15) is 5.26 Å². The molecular weight excluding hydrogens is 486 g/mol. The van der Waals surface area contributed by atoms with Gasteiger partial charge in [0.25, 0.3) is 0 Å². The van der Waals surface area contributed by atoms with Gasteiger partial charge in [-0.3, -0.25) is 5.32 Å². The first kappa shape index (κ1) is 26.2. The maximum absolute atomic E-state index is 12.1. The second-order valence-electron chi connectivity index (χ2n) is 8.82. The first-order chi connectivity index (χ1) is 17.9. The second-order valence-corrected chi connectivity index (χ2v) is 9.82. The Morgan fingerprint density at radius 3 is 2.59 bits per heavy atom. The number of nitrogens with one attached hydrogen (secondary N) is 1. The minimum Gasteiger partial charge on any atom is -0.379 e. The lowest BCUT2D eigenvalue weighted by atomic mass is 10.0. The van der Waals surface area contributed by atoms with E-state index in [4.69, 9.17) is 4.74 Å². The van der Waals surface area contributed by atoms with E-state index in [1.54, 1.807) is 32.6 Å². The van der Waals surface area contributed by atoms with E-state index >= 15 is 0 Å². The van der Waals surface area contributed by atoms with E-state index in [1.807, 2.05) is 37.3 Å². The number of aromatic nitrogens is 3. The van der Waals surface area contributed by atoms with Crippen LogP contribution in [0.15, 0.2) is 48.8 Å². The van der Waals surface area contributed by atoms with Crippen LogP contribution in [0.2, 0.25) is 0 Å². The van der Waals surface area contributed by atoms with Crippen molar-refractivity contribution < 1.29 is 9.53 Å². The van der Waals surface area contributed by atoms with E-state index in [-0.39, 0.29) is 6.03 Å². The summed E-state index contributed by atoms with van der Waals surface area (Å²) in [5.41, 5.74) is 4.77. The minimum atomic E-state index is -0.254. The van der Waals surface area contributed by atoms with E-state index in [9.17, 15) is 10.1 Å². The maximum Gasteiger partial charge on any atom is 0.323 e. The third-order valence-corrected chi connectivity index (χ3v) is 6.86. The number of morpholine rings is 1. The number of amides is 2. The van der Waals surface area contributed by atoms with Crippen LogP contribution in [0, 0.1) is 18.3 Å². The summed E-state index contributed by atoms with van der Waals surface area (Å²) in [4.78, 5) is 30.0. The zero-order valence-corrected chi connectivity index (χ0v) is 22.2. The van der Waals surface area contributed by atoms with Gasteiger partial charge in [-0.1, -0.05) is 29.5 Å². The van der Waals surface area contributed by atoms with Crippen molar-refractivity contribution in [1.29, 1.82) is 5.26 Å². The van der Waals surface area contributed by atoms with Crippen molar-refractivity contribution in [3.63, 3.8) is 0 Å². The number of carbonyl (C=O) groups excluding carboxylic acids is 1. The van der Waals surface area contributed by atoms with Crippen LogP contribution in [0.1, 0.15) is 11.3 Å². The Bertz CT molecular complexity index is 1440. The number of anilines is 1. The molecule has 3 heterocycles. The molecule has 0 aliphatic carbocycles. The van der Waals surface area contributed by atoms with Crippen LogP contribution < -0.4 is 5.32 Å². The number of nitrogens with zero attached hydrogens (tertiary/aromatic N) is 6. The van der Waals surface area contributed by atoms with E-state index in [0.29, 0.717) is 16.4 Å². The lowest BCUT2D eigenvalue weighted by molar-refractivity contribution is 0.0503. The average Bonchev–Trinajstić information content (AvgIpc) is 3.33. The number of hydrogen-bond acceptors (Lipinski definition) is 8. The molecule has 0 saturated carbocycles. The Labute approximate surface area is 220 Å². The molecule has 2 aromatic heterocycles. The van der Waals surface area contributed by atoms with Gasteiger partial charge in [0, 0.05) is 43.8 Å². The largest absolute Gasteiger partial charge is 0.379 e. The topological polar surface area (TPSA) is 107 Å². The van der Waals surface area contributed by atoms with Crippen LogP contribution in [0.3, 0.4) is 0 Å². The molecule has 2 aromatic carbocycles. The lowest BCUT2D eigenvalue weighted by Gasteiger charge is -2.21. The van der Waals surface area contributed by atoms with Gasteiger partial charge in [0.15, 0.2) is 5.13 Å². The Balaban J connectivity index is 0.000000396. The Hall–Kier alpha value is -3.91. The van der Waals surface area contributed by atoms with Gasteiger partial charge in [-0.15, -0.1) is 0 Å². The van der Waals surface area contributed by atoms with Gasteiger partial charge in [-0.25, -0.2) is 19.7 Å². The predicted molar refractivity (Wildman–Crippen MR) is 147 cm³/mol. The van der Waals surface area contributed by atoms with Gasteiger partial charge in [0.1, 0.15) is 6.33 Å². The highest BCUT2D eigenvalue weighted by Crippen LogP contribution is 2.40. The first-order valence-corrected chi connectivity index (χ1v) is 12.6. The van der Waals surface area contributed by atoms with Crippen LogP contribution in [0.5, 0.6) is 0 Å². The van der Waals surface area contributed by atoms with Crippen LogP contribution in [0.25, 0.3) is 32.6 Å². The number of thiazole rings is 1. The smallest absolute Gasteiger partial charge is 0.323 e. The summed E-state index contributed by atoms with van der Waals surface area (Å²) in [7, 11) is 5.46.